The van der Waals surface area contributed by atoms with E-state index in [1.807, 2.05) is 6.92 Å². The van der Waals surface area contributed by atoms with Crippen LogP contribution in [0.3, 0.4) is 0 Å². The van der Waals surface area contributed by atoms with Crippen molar-refractivity contribution in [2.75, 3.05) is 6.61 Å². The van der Waals surface area contributed by atoms with Crippen LogP contribution in [0.25, 0.3) is 11.6 Å². The van der Waals surface area contributed by atoms with Crippen LogP contribution in [-0.2, 0) is 4.74 Å². The molecule has 2 unspecified atom stereocenters. The van der Waals surface area contributed by atoms with Gasteiger partial charge >= 0.3 is 0 Å². The highest BCUT2D eigenvalue weighted by atomic mass is 16.5. The van der Waals surface area contributed by atoms with E-state index in [1.54, 1.807) is 12.4 Å². The Morgan fingerprint density at radius 3 is 2.74 bits per heavy atom. The third-order valence-electron chi connectivity index (χ3n) is 3.26. The second-order valence-corrected chi connectivity index (χ2v) is 4.94. The van der Waals surface area contributed by atoms with Crippen molar-refractivity contribution in [1.82, 2.24) is 20.1 Å². The van der Waals surface area contributed by atoms with E-state index >= 15 is 0 Å². The van der Waals surface area contributed by atoms with E-state index < -0.39 is 0 Å². The second-order valence-electron chi connectivity index (χ2n) is 4.94. The number of hydrogen-bond donors (Lipinski definition) is 0. The fourth-order valence-electron chi connectivity index (χ4n) is 2.22. The van der Waals surface area contributed by atoms with E-state index in [2.05, 4.69) is 27.0 Å². The standard InChI is InChI=1S/C13H16N4O2/c1-8-6-14-11(15-7-8)12-16-13(19-17-12)10-3-4-18-9(2)5-10/h6-7,9-10H,3-5H2,1-2H3. The Bertz CT molecular complexity index is 552. The summed E-state index contributed by atoms with van der Waals surface area (Å²) < 4.78 is 10.9. The van der Waals surface area contributed by atoms with Gasteiger partial charge in [-0.2, -0.15) is 4.98 Å². The lowest BCUT2D eigenvalue weighted by molar-refractivity contribution is 0.0134. The Morgan fingerprint density at radius 2 is 2.00 bits per heavy atom. The van der Waals surface area contributed by atoms with Crippen molar-refractivity contribution in [3.63, 3.8) is 0 Å². The zero-order valence-electron chi connectivity index (χ0n) is 11.0. The van der Waals surface area contributed by atoms with Crippen LogP contribution in [0.15, 0.2) is 16.9 Å². The first-order valence-electron chi connectivity index (χ1n) is 6.46. The Balaban J connectivity index is 1.81. The van der Waals surface area contributed by atoms with Gasteiger partial charge in [0.2, 0.25) is 17.5 Å². The lowest BCUT2D eigenvalue weighted by Gasteiger charge is -2.24. The first kappa shape index (κ1) is 12.2. The van der Waals surface area contributed by atoms with Gasteiger partial charge < -0.3 is 9.26 Å². The van der Waals surface area contributed by atoms with Crippen LogP contribution in [0, 0.1) is 6.92 Å². The molecule has 0 bridgehead atoms. The molecule has 6 heteroatoms. The average molecular weight is 260 g/mol. The Labute approximate surface area is 111 Å². The zero-order chi connectivity index (χ0) is 13.2. The number of ether oxygens (including phenoxy) is 1. The van der Waals surface area contributed by atoms with Crippen molar-refractivity contribution in [3.8, 4) is 11.6 Å². The summed E-state index contributed by atoms with van der Waals surface area (Å²) in [5, 5.41) is 3.96. The number of hydrogen-bond acceptors (Lipinski definition) is 6. The van der Waals surface area contributed by atoms with Gasteiger partial charge in [0.05, 0.1) is 6.10 Å². The quantitative estimate of drug-likeness (QED) is 0.823. The van der Waals surface area contributed by atoms with Crippen molar-refractivity contribution in [2.45, 2.75) is 38.7 Å². The zero-order valence-corrected chi connectivity index (χ0v) is 11.0. The molecule has 0 aromatic carbocycles. The van der Waals surface area contributed by atoms with Gasteiger partial charge in [0.25, 0.3) is 0 Å². The Kier molecular flexibility index (Phi) is 3.25. The van der Waals surface area contributed by atoms with Crippen LogP contribution in [0.2, 0.25) is 0 Å². The first-order valence-corrected chi connectivity index (χ1v) is 6.46. The molecule has 0 spiro atoms. The number of nitrogens with zero attached hydrogens (tertiary/aromatic N) is 4. The van der Waals surface area contributed by atoms with E-state index in [4.69, 9.17) is 9.26 Å². The lowest BCUT2D eigenvalue weighted by atomic mass is 9.96. The van der Waals surface area contributed by atoms with Crippen LogP contribution in [-0.4, -0.2) is 32.8 Å². The van der Waals surface area contributed by atoms with Gasteiger partial charge in [-0.25, -0.2) is 9.97 Å². The molecule has 3 rings (SSSR count). The van der Waals surface area contributed by atoms with E-state index in [0.29, 0.717) is 17.5 Å². The predicted molar refractivity (Wildman–Crippen MR) is 67.5 cm³/mol. The van der Waals surface area contributed by atoms with Crippen molar-refractivity contribution in [1.29, 1.82) is 0 Å². The molecule has 0 saturated carbocycles. The summed E-state index contributed by atoms with van der Waals surface area (Å²) in [5.41, 5.74) is 1.01. The van der Waals surface area contributed by atoms with Crippen LogP contribution in [0.4, 0.5) is 0 Å². The molecule has 0 aliphatic carbocycles. The molecular weight excluding hydrogens is 244 g/mol. The van der Waals surface area contributed by atoms with E-state index in [-0.39, 0.29) is 12.0 Å². The highest BCUT2D eigenvalue weighted by molar-refractivity contribution is 5.41. The minimum Gasteiger partial charge on any atom is -0.378 e. The van der Waals surface area contributed by atoms with Gasteiger partial charge in [-0.15, -0.1) is 0 Å². The molecule has 1 aliphatic heterocycles. The molecule has 3 heterocycles. The predicted octanol–water partition coefficient (Wildman–Crippen LogP) is 2.12. The maximum absolute atomic E-state index is 5.52. The normalized spacial score (nSPS) is 23.5. The molecule has 0 radical (unpaired) electrons. The van der Waals surface area contributed by atoms with Gasteiger partial charge in [-0.3, -0.25) is 0 Å². The highest BCUT2D eigenvalue weighted by Gasteiger charge is 2.26. The van der Waals surface area contributed by atoms with Gasteiger partial charge in [0.15, 0.2) is 0 Å². The Hall–Kier alpha value is -1.82. The highest BCUT2D eigenvalue weighted by Crippen LogP contribution is 2.29. The number of aryl methyl sites for hydroxylation is 1. The van der Waals surface area contributed by atoms with Crippen LogP contribution >= 0.6 is 0 Å². The van der Waals surface area contributed by atoms with Crippen molar-refractivity contribution < 1.29 is 9.26 Å². The molecule has 2 atom stereocenters. The third-order valence-corrected chi connectivity index (χ3v) is 3.26. The topological polar surface area (TPSA) is 73.9 Å². The minimum atomic E-state index is 0.240. The van der Waals surface area contributed by atoms with E-state index in [1.165, 1.54) is 0 Å². The van der Waals surface area contributed by atoms with Gasteiger partial charge in [0.1, 0.15) is 0 Å². The van der Waals surface area contributed by atoms with Crippen LogP contribution in [0.5, 0.6) is 0 Å². The molecule has 2 aromatic rings. The maximum Gasteiger partial charge on any atom is 0.240 e. The molecule has 0 N–H and O–H groups in total. The third kappa shape index (κ3) is 2.63. The fraction of sp³-hybridized carbons (Fsp3) is 0.538. The summed E-state index contributed by atoms with van der Waals surface area (Å²) in [6.07, 6.45) is 5.56. The summed E-state index contributed by atoms with van der Waals surface area (Å²) in [6.45, 7) is 4.74. The van der Waals surface area contributed by atoms with Crippen molar-refractivity contribution in [3.05, 3.63) is 23.8 Å². The molecule has 1 saturated heterocycles. The lowest BCUT2D eigenvalue weighted by Crippen LogP contribution is -2.21. The largest absolute Gasteiger partial charge is 0.378 e. The molecule has 1 aliphatic rings. The Morgan fingerprint density at radius 1 is 1.21 bits per heavy atom. The number of aromatic nitrogens is 4. The van der Waals surface area contributed by atoms with E-state index in [0.717, 1.165) is 25.0 Å². The molecule has 2 aromatic heterocycles. The molecule has 0 amide bonds. The minimum absolute atomic E-state index is 0.240. The summed E-state index contributed by atoms with van der Waals surface area (Å²) in [6, 6.07) is 0. The average Bonchev–Trinajstić information content (AvgIpc) is 2.89. The van der Waals surface area contributed by atoms with Crippen molar-refractivity contribution in [2.24, 2.45) is 0 Å². The molecule has 19 heavy (non-hydrogen) atoms. The first-order chi connectivity index (χ1) is 9.22. The summed E-state index contributed by atoms with van der Waals surface area (Å²) >= 11 is 0. The van der Waals surface area contributed by atoms with Gasteiger partial charge in [-0.05, 0) is 32.3 Å². The maximum atomic E-state index is 5.52. The van der Waals surface area contributed by atoms with Crippen LogP contribution in [0.1, 0.15) is 37.1 Å². The van der Waals surface area contributed by atoms with E-state index in [9.17, 15) is 0 Å². The van der Waals surface area contributed by atoms with Gasteiger partial charge in [-0.1, -0.05) is 5.16 Å². The molecular formula is C13H16N4O2. The molecule has 6 nitrogen and oxygen atoms in total. The summed E-state index contributed by atoms with van der Waals surface area (Å²) in [4.78, 5) is 12.8. The SMILES string of the molecule is Cc1cnc(-c2noc(C3CCOC(C)C3)n2)nc1. The van der Waals surface area contributed by atoms with Crippen molar-refractivity contribution >= 4 is 0 Å². The van der Waals surface area contributed by atoms with Crippen LogP contribution < -0.4 is 0 Å². The smallest absolute Gasteiger partial charge is 0.240 e. The number of rotatable bonds is 2. The fourth-order valence-corrected chi connectivity index (χ4v) is 2.22. The second kappa shape index (κ2) is 5.05. The monoisotopic (exact) mass is 260 g/mol. The van der Waals surface area contributed by atoms with Gasteiger partial charge in [0, 0.05) is 24.9 Å². The summed E-state index contributed by atoms with van der Waals surface area (Å²) in [7, 11) is 0. The summed E-state index contributed by atoms with van der Waals surface area (Å²) in [5.74, 6) is 1.89. The molecule has 1 fully saturated rings. The molecule has 100 valence electrons.